The van der Waals surface area contributed by atoms with Crippen LogP contribution >= 0.6 is 11.8 Å². The molecule has 0 saturated heterocycles. The van der Waals surface area contributed by atoms with Crippen molar-refractivity contribution in [3.05, 3.63) is 36.7 Å². The van der Waals surface area contributed by atoms with E-state index in [1.165, 1.54) is 18.1 Å². The van der Waals surface area contributed by atoms with E-state index in [0.29, 0.717) is 22.6 Å². The molecule has 2 aromatic heterocycles. The number of benzene rings is 1. The first kappa shape index (κ1) is 16.4. The van der Waals surface area contributed by atoms with Crippen molar-refractivity contribution in [1.29, 1.82) is 0 Å². The Balaban J connectivity index is 1.95. The Morgan fingerprint density at radius 2 is 2.08 bits per heavy atom. The molecule has 0 amide bonds. The highest BCUT2D eigenvalue weighted by Crippen LogP contribution is 2.29. The summed E-state index contributed by atoms with van der Waals surface area (Å²) in [7, 11) is 0. The first-order valence-corrected chi connectivity index (χ1v) is 8.60. The molecule has 0 aliphatic heterocycles. The molecule has 1 N–H and O–H groups in total. The van der Waals surface area contributed by atoms with Crippen molar-refractivity contribution >= 4 is 28.9 Å². The molecule has 1 atom stereocenters. The van der Waals surface area contributed by atoms with Gasteiger partial charge in [0.1, 0.15) is 16.6 Å². The van der Waals surface area contributed by atoms with Crippen LogP contribution in [0.15, 0.2) is 41.7 Å². The number of unbranched alkanes of at least 4 members (excludes halogenated alkanes) is 1. The SMILES string of the molecule is CCCC[C@@H](Sc1ncnc2c1nnn2-c1ccccc1)C(=O)O. The van der Waals surface area contributed by atoms with Crippen LogP contribution in [0.5, 0.6) is 0 Å². The normalized spacial score (nSPS) is 12.4. The standard InChI is InChI=1S/C16H17N5O2S/c1-2-3-9-12(16(22)23)24-15-13-14(17-10-18-15)21(20-19-13)11-7-5-4-6-8-11/h4-8,10,12H,2-3,9H2,1H3,(H,22,23)/t12-/m1/s1. The molecule has 7 nitrogen and oxygen atoms in total. The predicted molar refractivity (Wildman–Crippen MR) is 91.3 cm³/mol. The first-order valence-electron chi connectivity index (χ1n) is 7.72. The lowest BCUT2D eigenvalue weighted by atomic mass is 10.2. The number of thioether (sulfide) groups is 1. The summed E-state index contributed by atoms with van der Waals surface area (Å²) in [5, 5.41) is 17.7. The van der Waals surface area contributed by atoms with Gasteiger partial charge in [-0.25, -0.2) is 9.97 Å². The number of carboxylic acid groups (broad SMARTS) is 1. The van der Waals surface area contributed by atoms with Gasteiger partial charge in [-0.15, -0.1) is 5.10 Å². The summed E-state index contributed by atoms with van der Waals surface area (Å²) >= 11 is 1.21. The summed E-state index contributed by atoms with van der Waals surface area (Å²) in [5.41, 5.74) is 1.93. The molecule has 0 fully saturated rings. The van der Waals surface area contributed by atoms with Crippen LogP contribution in [0.2, 0.25) is 0 Å². The van der Waals surface area contributed by atoms with Gasteiger partial charge >= 0.3 is 5.97 Å². The van der Waals surface area contributed by atoms with Crippen molar-refractivity contribution < 1.29 is 9.90 Å². The molecule has 0 aliphatic carbocycles. The molecule has 8 heteroatoms. The van der Waals surface area contributed by atoms with E-state index < -0.39 is 11.2 Å². The Morgan fingerprint density at radius 1 is 1.29 bits per heavy atom. The molecule has 0 saturated carbocycles. The van der Waals surface area contributed by atoms with Gasteiger partial charge in [-0.2, -0.15) is 4.68 Å². The van der Waals surface area contributed by atoms with Crippen molar-refractivity contribution in [2.45, 2.75) is 36.5 Å². The first-order chi connectivity index (χ1) is 11.7. The summed E-state index contributed by atoms with van der Waals surface area (Å²) < 4.78 is 1.63. The third kappa shape index (κ3) is 3.38. The molecule has 2 heterocycles. The molecule has 0 unspecified atom stereocenters. The summed E-state index contributed by atoms with van der Waals surface area (Å²) in [5.74, 6) is -0.837. The van der Waals surface area contributed by atoms with E-state index in [-0.39, 0.29) is 0 Å². The fourth-order valence-corrected chi connectivity index (χ4v) is 3.32. The van der Waals surface area contributed by atoms with Gasteiger partial charge in [0, 0.05) is 0 Å². The number of carbonyl (C=O) groups is 1. The topological polar surface area (TPSA) is 93.8 Å². The minimum absolute atomic E-state index is 0.522. The smallest absolute Gasteiger partial charge is 0.317 e. The Kier molecular flexibility index (Phi) is 5.05. The minimum Gasteiger partial charge on any atom is -0.480 e. The molecule has 124 valence electrons. The van der Waals surface area contributed by atoms with Gasteiger partial charge in [0.05, 0.1) is 5.69 Å². The second kappa shape index (κ2) is 7.39. The van der Waals surface area contributed by atoms with Gasteiger partial charge in [-0.3, -0.25) is 4.79 Å². The summed E-state index contributed by atoms with van der Waals surface area (Å²) in [4.78, 5) is 19.9. The van der Waals surface area contributed by atoms with Crippen molar-refractivity contribution in [3.63, 3.8) is 0 Å². The maximum absolute atomic E-state index is 11.5. The lowest BCUT2D eigenvalue weighted by molar-refractivity contribution is -0.136. The monoisotopic (exact) mass is 343 g/mol. The molecule has 0 radical (unpaired) electrons. The van der Waals surface area contributed by atoms with Crippen LogP contribution in [0.1, 0.15) is 26.2 Å². The third-order valence-corrected chi connectivity index (χ3v) is 4.80. The molecule has 24 heavy (non-hydrogen) atoms. The second-order valence-corrected chi connectivity index (χ2v) is 6.47. The molecule has 0 aliphatic rings. The number of nitrogens with zero attached hydrogens (tertiary/aromatic N) is 5. The number of hydrogen-bond donors (Lipinski definition) is 1. The van der Waals surface area contributed by atoms with Crippen molar-refractivity contribution in [2.75, 3.05) is 0 Å². The quantitative estimate of drug-likeness (QED) is 0.520. The lowest BCUT2D eigenvalue weighted by Gasteiger charge is -2.10. The Hall–Kier alpha value is -2.48. The van der Waals surface area contributed by atoms with Crippen LogP contribution in [0.3, 0.4) is 0 Å². The third-order valence-electron chi connectivity index (χ3n) is 3.55. The highest BCUT2D eigenvalue weighted by Gasteiger charge is 2.22. The second-order valence-electron chi connectivity index (χ2n) is 5.27. The van der Waals surface area contributed by atoms with Gasteiger partial charge in [0.15, 0.2) is 11.2 Å². The van der Waals surface area contributed by atoms with E-state index in [1.54, 1.807) is 4.68 Å². The van der Waals surface area contributed by atoms with Gasteiger partial charge in [0.25, 0.3) is 0 Å². The van der Waals surface area contributed by atoms with E-state index in [2.05, 4.69) is 20.3 Å². The Labute approximate surface area is 143 Å². The average Bonchev–Trinajstić information content (AvgIpc) is 3.04. The number of aliphatic carboxylic acids is 1. The Bertz CT molecular complexity index is 837. The Morgan fingerprint density at radius 3 is 2.79 bits per heavy atom. The van der Waals surface area contributed by atoms with Crippen LogP contribution in [-0.4, -0.2) is 41.3 Å². The van der Waals surface area contributed by atoms with Crippen molar-refractivity contribution in [3.8, 4) is 5.69 Å². The molecular weight excluding hydrogens is 326 g/mol. The number of carboxylic acids is 1. The number of hydrogen-bond acceptors (Lipinski definition) is 6. The van der Waals surface area contributed by atoms with E-state index in [0.717, 1.165) is 18.5 Å². The maximum atomic E-state index is 11.5. The minimum atomic E-state index is -0.837. The van der Waals surface area contributed by atoms with Crippen molar-refractivity contribution in [1.82, 2.24) is 25.0 Å². The van der Waals surface area contributed by atoms with Crippen LogP contribution in [0, 0.1) is 0 Å². The van der Waals surface area contributed by atoms with Crippen LogP contribution in [0.25, 0.3) is 16.9 Å². The number of aromatic nitrogens is 5. The molecule has 1 aromatic carbocycles. The van der Waals surface area contributed by atoms with Crippen LogP contribution in [0.4, 0.5) is 0 Å². The van der Waals surface area contributed by atoms with E-state index >= 15 is 0 Å². The van der Waals surface area contributed by atoms with E-state index in [1.807, 2.05) is 37.3 Å². The predicted octanol–water partition coefficient (Wildman–Crippen LogP) is 2.95. The lowest BCUT2D eigenvalue weighted by Crippen LogP contribution is -2.16. The van der Waals surface area contributed by atoms with Crippen molar-refractivity contribution in [2.24, 2.45) is 0 Å². The fraction of sp³-hybridized carbons (Fsp3) is 0.312. The number of rotatable bonds is 7. The fourth-order valence-electron chi connectivity index (χ4n) is 2.31. The van der Waals surface area contributed by atoms with E-state index in [4.69, 9.17) is 0 Å². The number of para-hydroxylation sites is 1. The molecule has 3 rings (SSSR count). The van der Waals surface area contributed by atoms with E-state index in [9.17, 15) is 9.90 Å². The molecule has 3 aromatic rings. The highest BCUT2D eigenvalue weighted by atomic mass is 32.2. The zero-order valence-corrected chi connectivity index (χ0v) is 14.0. The summed E-state index contributed by atoms with van der Waals surface area (Å²) in [6.07, 6.45) is 3.82. The average molecular weight is 343 g/mol. The zero-order chi connectivity index (χ0) is 16.9. The van der Waals surface area contributed by atoms with Crippen LogP contribution in [-0.2, 0) is 4.79 Å². The summed E-state index contributed by atoms with van der Waals surface area (Å²) in [6, 6.07) is 9.55. The van der Waals surface area contributed by atoms with Gasteiger partial charge < -0.3 is 5.11 Å². The summed E-state index contributed by atoms with van der Waals surface area (Å²) in [6.45, 7) is 2.04. The zero-order valence-electron chi connectivity index (χ0n) is 13.2. The highest BCUT2D eigenvalue weighted by molar-refractivity contribution is 8.00. The van der Waals surface area contributed by atoms with Gasteiger partial charge in [-0.1, -0.05) is 54.9 Å². The van der Waals surface area contributed by atoms with Crippen LogP contribution < -0.4 is 0 Å². The molecule has 0 bridgehead atoms. The van der Waals surface area contributed by atoms with Gasteiger partial charge in [0.2, 0.25) is 0 Å². The maximum Gasteiger partial charge on any atom is 0.317 e. The van der Waals surface area contributed by atoms with Gasteiger partial charge in [-0.05, 0) is 18.6 Å². The molecule has 0 spiro atoms. The number of fused-ring (bicyclic) bond motifs is 1. The largest absolute Gasteiger partial charge is 0.480 e. The molecular formula is C16H17N5O2S.